The molecule has 1 aliphatic rings. The second-order valence-electron chi connectivity index (χ2n) is 4.53. The Morgan fingerprint density at radius 1 is 1.50 bits per heavy atom. The van der Waals surface area contributed by atoms with Gasteiger partial charge in [0.15, 0.2) is 0 Å². The minimum absolute atomic E-state index is 0.129. The van der Waals surface area contributed by atoms with Crippen LogP contribution in [0.15, 0.2) is 18.2 Å². The lowest BCUT2D eigenvalue weighted by Crippen LogP contribution is -2.24. The standard InChI is InChI=1S/C12H17ClN2O/c1-8-5-10(7-15(8)2)14-9-3-4-12(16)11(13)6-9/h3-4,6,8,10,14,16H,5,7H2,1-2H3. The zero-order chi connectivity index (χ0) is 11.7. The molecule has 1 saturated heterocycles. The molecular weight excluding hydrogens is 224 g/mol. The molecule has 0 spiro atoms. The molecule has 0 aromatic heterocycles. The summed E-state index contributed by atoms with van der Waals surface area (Å²) in [6.45, 7) is 3.27. The summed E-state index contributed by atoms with van der Waals surface area (Å²) < 4.78 is 0. The van der Waals surface area contributed by atoms with Crippen LogP contribution in [0.2, 0.25) is 5.02 Å². The normalized spacial score (nSPS) is 25.9. The first-order chi connectivity index (χ1) is 7.56. The van der Waals surface area contributed by atoms with Gasteiger partial charge in [0, 0.05) is 24.3 Å². The van der Waals surface area contributed by atoms with Crippen LogP contribution < -0.4 is 5.32 Å². The summed E-state index contributed by atoms with van der Waals surface area (Å²) in [7, 11) is 2.14. The van der Waals surface area contributed by atoms with E-state index >= 15 is 0 Å². The van der Waals surface area contributed by atoms with Crippen molar-refractivity contribution in [1.82, 2.24) is 4.90 Å². The lowest BCUT2D eigenvalue weighted by molar-refractivity contribution is 0.330. The van der Waals surface area contributed by atoms with Gasteiger partial charge >= 0.3 is 0 Å². The zero-order valence-electron chi connectivity index (χ0n) is 9.57. The maximum Gasteiger partial charge on any atom is 0.134 e. The molecule has 2 unspecified atom stereocenters. The first-order valence-electron chi connectivity index (χ1n) is 5.51. The summed E-state index contributed by atoms with van der Waals surface area (Å²) in [5, 5.41) is 13.1. The molecule has 3 nitrogen and oxygen atoms in total. The molecule has 0 amide bonds. The van der Waals surface area contributed by atoms with Crippen molar-refractivity contribution in [2.45, 2.75) is 25.4 Å². The summed E-state index contributed by atoms with van der Waals surface area (Å²) in [4.78, 5) is 2.33. The molecule has 1 heterocycles. The Balaban J connectivity index is 2.02. The van der Waals surface area contributed by atoms with Gasteiger partial charge in [-0.25, -0.2) is 0 Å². The van der Waals surface area contributed by atoms with E-state index in [1.165, 1.54) is 0 Å². The minimum Gasteiger partial charge on any atom is -0.506 e. The van der Waals surface area contributed by atoms with Crippen molar-refractivity contribution in [1.29, 1.82) is 0 Å². The fourth-order valence-corrected chi connectivity index (χ4v) is 2.31. The van der Waals surface area contributed by atoms with Crippen molar-refractivity contribution in [2.75, 3.05) is 18.9 Å². The van der Waals surface area contributed by atoms with Crippen molar-refractivity contribution in [3.05, 3.63) is 23.2 Å². The van der Waals surface area contributed by atoms with Gasteiger partial charge in [-0.3, -0.25) is 0 Å². The first kappa shape index (κ1) is 11.6. The predicted molar refractivity (Wildman–Crippen MR) is 67.2 cm³/mol. The van der Waals surface area contributed by atoms with Gasteiger partial charge < -0.3 is 15.3 Å². The molecule has 2 atom stereocenters. The summed E-state index contributed by atoms with van der Waals surface area (Å²) in [6.07, 6.45) is 1.13. The number of nitrogens with zero attached hydrogens (tertiary/aromatic N) is 1. The van der Waals surface area contributed by atoms with Crippen molar-refractivity contribution >= 4 is 17.3 Å². The number of anilines is 1. The van der Waals surface area contributed by atoms with Crippen LogP contribution in [0.5, 0.6) is 5.75 Å². The van der Waals surface area contributed by atoms with Crippen LogP contribution in [0.25, 0.3) is 0 Å². The Kier molecular flexibility index (Phi) is 3.26. The molecule has 1 aromatic rings. The number of likely N-dealkylation sites (tertiary alicyclic amines) is 1. The lowest BCUT2D eigenvalue weighted by Gasteiger charge is -2.14. The van der Waals surface area contributed by atoms with E-state index in [1.807, 2.05) is 6.07 Å². The molecule has 4 heteroatoms. The highest BCUT2D eigenvalue weighted by Gasteiger charge is 2.25. The van der Waals surface area contributed by atoms with E-state index in [-0.39, 0.29) is 5.75 Å². The number of phenols is 1. The van der Waals surface area contributed by atoms with E-state index in [0.29, 0.717) is 17.1 Å². The molecular formula is C12H17ClN2O. The summed E-state index contributed by atoms with van der Waals surface area (Å²) in [5.41, 5.74) is 0.968. The van der Waals surface area contributed by atoms with Gasteiger partial charge in [0.2, 0.25) is 0 Å². The molecule has 0 radical (unpaired) electrons. The number of hydrogen-bond acceptors (Lipinski definition) is 3. The number of likely N-dealkylation sites (N-methyl/N-ethyl adjacent to an activating group) is 1. The van der Waals surface area contributed by atoms with Crippen molar-refractivity contribution in [3.8, 4) is 5.75 Å². The fraction of sp³-hybridized carbons (Fsp3) is 0.500. The lowest BCUT2D eigenvalue weighted by atomic mass is 10.2. The van der Waals surface area contributed by atoms with Crippen LogP contribution in [0.3, 0.4) is 0 Å². The summed E-state index contributed by atoms with van der Waals surface area (Å²) >= 11 is 5.86. The predicted octanol–water partition coefficient (Wildman–Crippen LogP) is 2.55. The molecule has 0 saturated carbocycles. The molecule has 0 bridgehead atoms. The maximum atomic E-state index is 9.32. The van der Waals surface area contributed by atoms with Gasteiger partial charge in [-0.05, 0) is 38.6 Å². The third-order valence-corrected chi connectivity index (χ3v) is 3.51. The van der Waals surface area contributed by atoms with Crippen molar-refractivity contribution in [2.24, 2.45) is 0 Å². The zero-order valence-corrected chi connectivity index (χ0v) is 10.3. The molecule has 2 rings (SSSR count). The van der Waals surface area contributed by atoms with E-state index < -0.39 is 0 Å². The Morgan fingerprint density at radius 3 is 2.81 bits per heavy atom. The van der Waals surface area contributed by atoms with Crippen molar-refractivity contribution in [3.63, 3.8) is 0 Å². The molecule has 1 aromatic carbocycles. The number of phenolic OH excluding ortho intramolecular Hbond substituents is 1. The van der Waals surface area contributed by atoms with E-state index in [9.17, 15) is 5.11 Å². The highest BCUT2D eigenvalue weighted by molar-refractivity contribution is 6.32. The van der Waals surface area contributed by atoms with Crippen molar-refractivity contribution < 1.29 is 5.11 Å². The van der Waals surface area contributed by atoms with Crippen LogP contribution in [0.4, 0.5) is 5.69 Å². The smallest absolute Gasteiger partial charge is 0.134 e. The van der Waals surface area contributed by atoms with Crippen LogP contribution in [0.1, 0.15) is 13.3 Å². The summed E-state index contributed by atoms with van der Waals surface area (Å²) in [6, 6.07) is 6.31. The third-order valence-electron chi connectivity index (χ3n) is 3.20. The fourth-order valence-electron chi connectivity index (χ4n) is 2.13. The average Bonchev–Trinajstić information content (AvgIpc) is 2.52. The van der Waals surface area contributed by atoms with E-state index in [0.717, 1.165) is 18.7 Å². The van der Waals surface area contributed by atoms with Gasteiger partial charge in [0.05, 0.1) is 5.02 Å². The van der Waals surface area contributed by atoms with E-state index in [2.05, 4.69) is 24.2 Å². The Hall–Kier alpha value is -0.930. The molecule has 0 aliphatic carbocycles. The number of aromatic hydroxyl groups is 1. The average molecular weight is 241 g/mol. The number of nitrogens with one attached hydrogen (secondary N) is 1. The van der Waals surface area contributed by atoms with Gasteiger partial charge in [0.25, 0.3) is 0 Å². The highest BCUT2D eigenvalue weighted by Crippen LogP contribution is 2.27. The highest BCUT2D eigenvalue weighted by atomic mass is 35.5. The quantitative estimate of drug-likeness (QED) is 0.780. The minimum atomic E-state index is 0.129. The largest absolute Gasteiger partial charge is 0.506 e. The Bertz CT molecular complexity index is 373. The first-order valence-corrected chi connectivity index (χ1v) is 5.89. The van der Waals surface area contributed by atoms with Crippen LogP contribution in [-0.4, -0.2) is 35.7 Å². The molecule has 16 heavy (non-hydrogen) atoms. The van der Waals surface area contributed by atoms with Crippen LogP contribution in [-0.2, 0) is 0 Å². The third kappa shape index (κ3) is 2.42. The second-order valence-corrected chi connectivity index (χ2v) is 4.94. The van der Waals surface area contributed by atoms with E-state index in [4.69, 9.17) is 11.6 Å². The van der Waals surface area contributed by atoms with Gasteiger partial charge in [-0.1, -0.05) is 11.6 Å². The monoisotopic (exact) mass is 240 g/mol. The second kappa shape index (κ2) is 4.52. The topological polar surface area (TPSA) is 35.5 Å². The molecule has 1 aliphatic heterocycles. The molecule has 88 valence electrons. The van der Waals surface area contributed by atoms with Gasteiger partial charge in [-0.15, -0.1) is 0 Å². The maximum absolute atomic E-state index is 9.32. The number of halogens is 1. The Morgan fingerprint density at radius 2 is 2.25 bits per heavy atom. The Labute approximate surface area is 101 Å². The number of benzene rings is 1. The van der Waals surface area contributed by atoms with Crippen LogP contribution in [0, 0.1) is 0 Å². The number of rotatable bonds is 2. The van der Waals surface area contributed by atoms with E-state index in [1.54, 1.807) is 12.1 Å². The molecule has 2 N–H and O–H groups in total. The molecule has 1 fully saturated rings. The SMILES string of the molecule is CC1CC(Nc2ccc(O)c(Cl)c2)CN1C. The number of hydrogen-bond donors (Lipinski definition) is 2. The van der Waals surface area contributed by atoms with Gasteiger partial charge in [-0.2, -0.15) is 0 Å². The summed E-state index contributed by atoms with van der Waals surface area (Å²) in [5.74, 6) is 0.129. The van der Waals surface area contributed by atoms with Gasteiger partial charge in [0.1, 0.15) is 5.75 Å². The van der Waals surface area contributed by atoms with Crippen LogP contribution >= 0.6 is 11.6 Å².